The first kappa shape index (κ1) is 22.1. The van der Waals surface area contributed by atoms with Gasteiger partial charge < -0.3 is 20.7 Å². The summed E-state index contributed by atoms with van der Waals surface area (Å²) in [6, 6.07) is 3.51. The summed E-state index contributed by atoms with van der Waals surface area (Å²) in [5.41, 5.74) is -0.187. The number of imide groups is 1. The van der Waals surface area contributed by atoms with E-state index in [0.29, 0.717) is 18.7 Å². The van der Waals surface area contributed by atoms with E-state index in [4.69, 9.17) is 4.74 Å². The maximum Gasteiger partial charge on any atom is 0.326 e. The summed E-state index contributed by atoms with van der Waals surface area (Å²) < 4.78 is 5.61. The standard InChI is InChI=1S/C20H25N5O6/c26-18-16(23-20(28)24-18)12-13-11-15(7-8-17(13)25(29)30)31-10-4-9-21-19(27)22-14-5-2-1-3-6-14/h7-8,11-12,14H,1-6,9-10H2,(H2,21,22,27)(H2,23,24,26,28). The first-order chi connectivity index (χ1) is 14.9. The number of hydrogen-bond donors (Lipinski definition) is 4. The van der Waals surface area contributed by atoms with E-state index in [2.05, 4.69) is 16.0 Å². The average Bonchev–Trinajstić information content (AvgIpc) is 3.05. The predicted molar refractivity (Wildman–Crippen MR) is 111 cm³/mol. The molecule has 1 aromatic carbocycles. The Balaban J connectivity index is 1.49. The van der Waals surface area contributed by atoms with E-state index in [1.54, 1.807) is 0 Å². The normalized spacial score (nSPS) is 17.7. The minimum atomic E-state index is -0.689. The maximum atomic E-state index is 11.9. The van der Waals surface area contributed by atoms with Gasteiger partial charge in [-0.3, -0.25) is 20.2 Å². The lowest BCUT2D eigenvalue weighted by Crippen LogP contribution is -2.43. The molecule has 11 heteroatoms. The van der Waals surface area contributed by atoms with Crippen molar-refractivity contribution in [1.82, 2.24) is 21.3 Å². The zero-order valence-corrected chi connectivity index (χ0v) is 16.9. The van der Waals surface area contributed by atoms with Crippen LogP contribution in [-0.2, 0) is 4.79 Å². The van der Waals surface area contributed by atoms with E-state index in [9.17, 15) is 24.5 Å². The maximum absolute atomic E-state index is 11.9. The molecule has 0 unspecified atom stereocenters. The van der Waals surface area contributed by atoms with Gasteiger partial charge in [-0.2, -0.15) is 0 Å². The number of carbonyl (C=O) groups excluding carboxylic acids is 3. The molecule has 2 fully saturated rings. The number of hydrogen-bond acceptors (Lipinski definition) is 6. The summed E-state index contributed by atoms with van der Waals surface area (Å²) in [5.74, 6) is -0.294. The third-order valence-corrected chi connectivity index (χ3v) is 5.03. The Morgan fingerprint density at radius 3 is 2.68 bits per heavy atom. The molecule has 1 aliphatic heterocycles. The molecule has 0 aromatic heterocycles. The molecular weight excluding hydrogens is 406 g/mol. The van der Waals surface area contributed by atoms with Crippen LogP contribution in [0.2, 0.25) is 0 Å². The number of nitrogens with zero attached hydrogens (tertiary/aromatic N) is 1. The number of nitro groups is 1. The average molecular weight is 431 g/mol. The summed E-state index contributed by atoms with van der Waals surface area (Å²) in [6.45, 7) is 0.712. The van der Waals surface area contributed by atoms with Crippen LogP contribution in [0.3, 0.4) is 0 Å². The summed E-state index contributed by atoms with van der Waals surface area (Å²) in [6.07, 6.45) is 7.31. The molecule has 166 valence electrons. The molecule has 1 aromatic rings. The van der Waals surface area contributed by atoms with Crippen LogP contribution in [-0.4, -0.2) is 42.1 Å². The second-order valence-electron chi connectivity index (χ2n) is 7.38. The Labute approximate surface area is 178 Å². The zero-order valence-electron chi connectivity index (χ0n) is 16.9. The van der Waals surface area contributed by atoms with Gasteiger partial charge in [0.2, 0.25) is 0 Å². The zero-order chi connectivity index (χ0) is 22.2. The van der Waals surface area contributed by atoms with Gasteiger partial charge in [-0.1, -0.05) is 19.3 Å². The molecule has 1 heterocycles. The van der Waals surface area contributed by atoms with Crippen LogP contribution < -0.4 is 26.0 Å². The van der Waals surface area contributed by atoms with Gasteiger partial charge >= 0.3 is 12.1 Å². The molecule has 5 amide bonds. The second kappa shape index (κ2) is 10.4. The Hall–Kier alpha value is -3.63. The van der Waals surface area contributed by atoms with Gasteiger partial charge in [0, 0.05) is 18.7 Å². The number of nitro benzene ring substituents is 1. The largest absolute Gasteiger partial charge is 0.493 e. The minimum Gasteiger partial charge on any atom is -0.493 e. The predicted octanol–water partition coefficient (Wildman–Crippen LogP) is 2.18. The van der Waals surface area contributed by atoms with Crippen molar-refractivity contribution in [3.63, 3.8) is 0 Å². The second-order valence-corrected chi connectivity index (χ2v) is 7.38. The van der Waals surface area contributed by atoms with Crippen LogP contribution in [0.5, 0.6) is 5.75 Å². The number of nitrogens with one attached hydrogen (secondary N) is 4. The highest BCUT2D eigenvalue weighted by Gasteiger charge is 2.24. The number of ether oxygens (including phenoxy) is 1. The van der Waals surface area contributed by atoms with Crippen LogP contribution in [0.1, 0.15) is 44.1 Å². The van der Waals surface area contributed by atoms with Gasteiger partial charge in [-0.25, -0.2) is 9.59 Å². The number of rotatable bonds is 8. The molecule has 1 saturated heterocycles. The van der Waals surface area contributed by atoms with Crippen molar-refractivity contribution in [3.05, 3.63) is 39.6 Å². The third kappa shape index (κ3) is 6.43. The van der Waals surface area contributed by atoms with E-state index in [1.165, 1.54) is 30.7 Å². The SMILES string of the molecule is O=C1NC(=O)C(=Cc2cc(OCCCNC(=O)NC3CCCCC3)ccc2[N+](=O)[O-])N1. The van der Waals surface area contributed by atoms with Crippen LogP contribution in [0.25, 0.3) is 6.08 Å². The fourth-order valence-electron chi connectivity index (χ4n) is 3.49. The molecule has 0 spiro atoms. The molecule has 0 bridgehead atoms. The van der Waals surface area contributed by atoms with Crippen molar-refractivity contribution in [2.45, 2.75) is 44.6 Å². The van der Waals surface area contributed by atoms with Crippen molar-refractivity contribution in [2.24, 2.45) is 0 Å². The van der Waals surface area contributed by atoms with Crippen LogP contribution in [0, 0.1) is 10.1 Å². The fourth-order valence-corrected chi connectivity index (χ4v) is 3.49. The van der Waals surface area contributed by atoms with Crippen molar-refractivity contribution < 1.29 is 24.0 Å². The van der Waals surface area contributed by atoms with E-state index >= 15 is 0 Å². The molecule has 3 rings (SSSR count). The van der Waals surface area contributed by atoms with Crippen LogP contribution in [0.15, 0.2) is 23.9 Å². The molecule has 1 saturated carbocycles. The van der Waals surface area contributed by atoms with Gasteiger partial charge in [0.15, 0.2) is 0 Å². The topological polar surface area (TPSA) is 152 Å². The monoisotopic (exact) mass is 431 g/mol. The first-order valence-corrected chi connectivity index (χ1v) is 10.2. The molecule has 31 heavy (non-hydrogen) atoms. The fraction of sp³-hybridized carbons (Fsp3) is 0.450. The van der Waals surface area contributed by atoms with E-state index in [0.717, 1.165) is 25.7 Å². The van der Waals surface area contributed by atoms with E-state index in [1.807, 2.05) is 5.32 Å². The highest BCUT2D eigenvalue weighted by atomic mass is 16.6. The Bertz CT molecular complexity index is 894. The van der Waals surface area contributed by atoms with E-state index < -0.39 is 16.9 Å². The molecule has 0 radical (unpaired) electrons. The third-order valence-electron chi connectivity index (χ3n) is 5.03. The summed E-state index contributed by atoms with van der Waals surface area (Å²) >= 11 is 0. The first-order valence-electron chi connectivity index (χ1n) is 10.2. The number of urea groups is 2. The molecule has 2 aliphatic rings. The van der Waals surface area contributed by atoms with Gasteiger partial charge in [0.25, 0.3) is 11.6 Å². The van der Waals surface area contributed by atoms with Crippen molar-refractivity contribution >= 4 is 29.7 Å². The molecule has 11 nitrogen and oxygen atoms in total. The highest BCUT2D eigenvalue weighted by molar-refractivity contribution is 6.14. The summed E-state index contributed by atoms with van der Waals surface area (Å²) in [5, 5.41) is 21.3. The smallest absolute Gasteiger partial charge is 0.326 e. The molecule has 1 aliphatic carbocycles. The van der Waals surface area contributed by atoms with Gasteiger partial charge in [-0.05, 0) is 37.5 Å². The Kier molecular flexibility index (Phi) is 7.41. The number of amides is 5. The molecule has 0 atom stereocenters. The lowest BCUT2D eigenvalue weighted by molar-refractivity contribution is -0.385. The summed E-state index contributed by atoms with van der Waals surface area (Å²) in [4.78, 5) is 45.5. The summed E-state index contributed by atoms with van der Waals surface area (Å²) in [7, 11) is 0. The van der Waals surface area contributed by atoms with Crippen molar-refractivity contribution in [1.29, 1.82) is 0 Å². The quantitative estimate of drug-likeness (QED) is 0.163. The molecular formula is C20H25N5O6. The number of carbonyl (C=O) groups is 3. The highest BCUT2D eigenvalue weighted by Crippen LogP contribution is 2.26. The minimum absolute atomic E-state index is 0.0848. The molecule has 4 N–H and O–H groups in total. The van der Waals surface area contributed by atoms with E-state index in [-0.39, 0.29) is 35.6 Å². The Morgan fingerprint density at radius 1 is 1.23 bits per heavy atom. The lowest BCUT2D eigenvalue weighted by atomic mass is 9.96. The Morgan fingerprint density at radius 2 is 2.00 bits per heavy atom. The number of benzene rings is 1. The van der Waals surface area contributed by atoms with Gasteiger partial charge in [0.05, 0.1) is 17.1 Å². The van der Waals surface area contributed by atoms with Crippen LogP contribution >= 0.6 is 0 Å². The van der Waals surface area contributed by atoms with Gasteiger partial charge in [0.1, 0.15) is 11.4 Å². The van der Waals surface area contributed by atoms with Crippen molar-refractivity contribution in [2.75, 3.05) is 13.2 Å². The van der Waals surface area contributed by atoms with Crippen molar-refractivity contribution in [3.8, 4) is 5.75 Å². The van der Waals surface area contributed by atoms with Crippen LogP contribution in [0.4, 0.5) is 15.3 Å². The lowest BCUT2D eigenvalue weighted by Gasteiger charge is -2.22. The van der Waals surface area contributed by atoms with Gasteiger partial charge in [-0.15, -0.1) is 0 Å².